The Morgan fingerprint density at radius 3 is 2.56 bits per heavy atom. The fourth-order valence-corrected chi connectivity index (χ4v) is 2.84. The Balaban J connectivity index is 2.22. The Kier molecular flexibility index (Phi) is 7.41. The van der Waals surface area contributed by atoms with E-state index in [2.05, 4.69) is 23.3 Å². The van der Waals surface area contributed by atoms with Gasteiger partial charge in [0.2, 0.25) is 0 Å². The van der Waals surface area contributed by atoms with Crippen LogP contribution >= 0.6 is 0 Å². The molecule has 0 unspecified atom stereocenters. The molecule has 1 aromatic carbocycles. The number of aromatic nitrogens is 1. The van der Waals surface area contributed by atoms with Gasteiger partial charge < -0.3 is 15.3 Å². The maximum atomic E-state index is 12.8. The van der Waals surface area contributed by atoms with Gasteiger partial charge in [0.25, 0.3) is 0 Å². The summed E-state index contributed by atoms with van der Waals surface area (Å²) >= 11 is 0. The first-order valence-corrected chi connectivity index (χ1v) is 8.79. The molecule has 0 fully saturated rings. The lowest BCUT2D eigenvalue weighted by Gasteiger charge is -2.27. The molecular formula is C20H27N3O2. The van der Waals surface area contributed by atoms with E-state index in [9.17, 15) is 4.79 Å². The van der Waals surface area contributed by atoms with Crippen LogP contribution in [0.1, 0.15) is 42.5 Å². The first-order valence-electron chi connectivity index (χ1n) is 8.79. The van der Waals surface area contributed by atoms with Crippen LogP contribution in [0.4, 0.5) is 4.79 Å². The summed E-state index contributed by atoms with van der Waals surface area (Å²) in [4.78, 5) is 18.6. The van der Waals surface area contributed by atoms with E-state index >= 15 is 0 Å². The van der Waals surface area contributed by atoms with Crippen molar-refractivity contribution in [1.29, 1.82) is 0 Å². The van der Waals surface area contributed by atoms with Crippen molar-refractivity contribution in [2.75, 3.05) is 19.7 Å². The van der Waals surface area contributed by atoms with E-state index in [0.29, 0.717) is 19.5 Å². The lowest BCUT2D eigenvalue weighted by molar-refractivity contribution is 0.194. The van der Waals surface area contributed by atoms with Crippen LogP contribution in [-0.4, -0.2) is 40.7 Å². The van der Waals surface area contributed by atoms with Crippen molar-refractivity contribution in [3.8, 4) is 0 Å². The number of pyridine rings is 1. The van der Waals surface area contributed by atoms with Gasteiger partial charge in [-0.15, -0.1) is 0 Å². The van der Waals surface area contributed by atoms with Crippen molar-refractivity contribution in [1.82, 2.24) is 15.2 Å². The minimum absolute atomic E-state index is 0.0921. The highest BCUT2D eigenvalue weighted by Crippen LogP contribution is 2.24. The summed E-state index contributed by atoms with van der Waals surface area (Å²) in [5, 5.41) is 12.1. The Labute approximate surface area is 149 Å². The van der Waals surface area contributed by atoms with Gasteiger partial charge in [-0.05, 0) is 55.5 Å². The maximum Gasteiger partial charge on any atom is 0.318 e. The number of nitrogens with zero attached hydrogens (tertiary/aromatic N) is 2. The first kappa shape index (κ1) is 18.9. The molecule has 134 valence electrons. The molecular weight excluding hydrogens is 314 g/mol. The molecule has 0 saturated heterocycles. The second-order valence-electron chi connectivity index (χ2n) is 6.03. The van der Waals surface area contributed by atoms with E-state index in [1.165, 1.54) is 0 Å². The smallest absolute Gasteiger partial charge is 0.318 e. The summed E-state index contributed by atoms with van der Waals surface area (Å²) in [7, 11) is 0. The number of amides is 2. The fraction of sp³-hybridized carbons (Fsp3) is 0.400. The number of unbranched alkanes of at least 4 members (excludes halogenated alkanes) is 1. The predicted molar refractivity (Wildman–Crippen MR) is 99.4 cm³/mol. The van der Waals surface area contributed by atoms with Gasteiger partial charge >= 0.3 is 6.03 Å². The van der Waals surface area contributed by atoms with Crippen LogP contribution in [0.15, 0.2) is 48.8 Å². The fourth-order valence-electron chi connectivity index (χ4n) is 2.84. The van der Waals surface area contributed by atoms with Crippen molar-refractivity contribution in [2.24, 2.45) is 0 Å². The third-order valence-corrected chi connectivity index (χ3v) is 4.31. The molecule has 5 nitrogen and oxygen atoms in total. The van der Waals surface area contributed by atoms with Gasteiger partial charge in [-0.2, -0.15) is 0 Å². The van der Waals surface area contributed by atoms with Gasteiger partial charge in [-0.25, -0.2) is 4.79 Å². The SMILES string of the molecule is CCN(CCCCO)C(=O)N[C@H](c1ccncc1)c1ccccc1C. The van der Waals surface area contributed by atoms with Gasteiger partial charge in [0.05, 0.1) is 6.04 Å². The Morgan fingerprint density at radius 2 is 1.92 bits per heavy atom. The van der Waals surface area contributed by atoms with Crippen molar-refractivity contribution in [2.45, 2.75) is 32.7 Å². The van der Waals surface area contributed by atoms with Crippen molar-refractivity contribution in [3.63, 3.8) is 0 Å². The molecule has 2 amide bonds. The summed E-state index contributed by atoms with van der Waals surface area (Å²) in [6.07, 6.45) is 4.98. The van der Waals surface area contributed by atoms with Crippen LogP contribution in [0.5, 0.6) is 0 Å². The minimum atomic E-state index is -0.219. The van der Waals surface area contributed by atoms with E-state index in [1.807, 2.05) is 37.3 Å². The summed E-state index contributed by atoms with van der Waals surface area (Å²) < 4.78 is 0. The Morgan fingerprint density at radius 1 is 1.20 bits per heavy atom. The number of carbonyl (C=O) groups is 1. The van der Waals surface area contributed by atoms with Crippen molar-refractivity contribution >= 4 is 6.03 Å². The summed E-state index contributed by atoms with van der Waals surface area (Å²) in [5.41, 5.74) is 3.21. The largest absolute Gasteiger partial charge is 0.396 e. The number of hydrogen-bond acceptors (Lipinski definition) is 3. The van der Waals surface area contributed by atoms with Crippen LogP contribution in [0.25, 0.3) is 0 Å². The Hall–Kier alpha value is -2.40. The van der Waals surface area contributed by atoms with Crippen LogP contribution < -0.4 is 5.32 Å². The average molecular weight is 341 g/mol. The molecule has 0 aliphatic heterocycles. The standard InChI is InChI=1S/C20H27N3O2/c1-3-23(14-6-7-15-24)20(25)22-19(17-10-12-21-13-11-17)18-9-5-4-8-16(18)2/h4-5,8-13,19,24H,3,6-7,14-15H2,1-2H3,(H,22,25)/t19-/m1/s1. The summed E-state index contributed by atoms with van der Waals surface area (Å²) in [6, 6.07) is 11.6. The van der Waals surface area contributed by atoms with Crippen molar-refractivity contribution < 1.29 is 9.90 Å². The molecule has 5 heteroatoms. The molecule has 0 saturated carbocycles. The lowest BCUT2D eigenvalue weighted by atomic mass is 9.96. The Bertz CT molecular complexity index is 661. The van der Waals surface area contributed by atoms with Gasteiger partial charge in [0.15, 0.2) is 0 Å². The number of aliphatic hydroxyl groups excluding tert-OH is 1. The maximum absolute atomic E-state index is 12.8. The number of benzene rings is 1. The number of aryl methyl sites for hydroxylation is 1. The molecule has 1 aromatic heterocycles. The number of aliphatic hydroxyl groups is 1. The number of nitrogens with one attached hydrogen (secondary N) is 1. The topological polar surface area (TPSA) is 65.5 Å². The summed E-state index contributed by atoms with van der Waals surface area (Å²) in [6.45, 7) is 5.44. The number of rotatable bonds is 8. The van der Waals surface area contributed by atoms with Crippen LogP contribution in [0.3, 0.4) is 0 Å². The highest BCUT2D eigenvalue weighted by Gasteiger charge is 2.21. The third kappa shape index (κ3) is 5.29. The monoisotopic (exact) mass is 341 g/mol. The molecule has 0 bridgehead atoms. The quantitative estimate of drug-likeness (QED) is 0.724. The molecule has 1 heterocycles. The molecule has 25 heavy (non-hydrogen) atoms. The summed E-state index contributed by atoms with van der Waals surface area (Å²) in [5.74, 6) is 0. The van der Waals surface area contributed by atoms with Crippen molar-refractivity contribution in [3.05, 3.63) is 65.5 Å². The number of urea groups is 1. The zero-order chi connectivity index (χ0) is 18.1. The predicted octanol–water partition coefficient (Wildman–Crippen LogP) is 3.28. The molecule has 2 aromatic rings. The van der Waals surface area contributed by atoms with E-state index in [-0.39, 0.29) is 18.7 Å². The normalized spacial score (nSPS) is 11.8. The molecule has 2 N–H and O–H groups in total. The molecule has 1 atom stereocenters. The molecule has 2 rings (SSSR count). The van der Waals surface area contributed by atoms with E-state index in [0.717, 1.165) is 23.1 Å². The molecule has 0 aliphatic rings. The van der Waals surface area contributed by atoms with E-state index in [1.54, 1.807) is 17.3 Å². The first-order chi connectivity index (χ1) is 12.2. The van der Waals surface area contributed by atoms with Gasteiger partial charge in [0, 0.05) is 32.1 Å². The number of hydrogen-bond donors (Lipinski definition) is 2. The van der Waals surface area contributed by atoms with Gasteiger partial charge in [-0.1, -0.05) is 24.3 Å². The lowest BCUT2D eigenvalue weighted by Crippen LogP contribution is -2.42. The highest BCUT2D eigenvalue weighted by atomic mass is 16.3. The second kappa shape index (κ2) is 9.79. The van der Waals surface area contributed by atoms with E-state index < -0.39 is 0 Å². The zero-order valence-corrected chi connectivity index (χ0v) is 15.0. The third-order valence-electron chi connectivity index (χ3n) is 4.31. The molecule has 0 spiro atoms. The van der Waals surface area contributed by atoms with E-state index in [4.69, 9.17) is 5.11 Å². The molecule has 0 aliphatic carbocycles. The average Bonchev–Trinajstić information content (AvgIpc) is 2.64. The zero-order valence-electron chi connectivity index (χ0n) is 15.0. The van der Waals surface area contributed by atoms with Crippen LogP contribution in [0.2, 0.25) is 0 Å². The van der Waals surface area contributed by atoms with Gasteiger partial charge in [-0.3, -0.25) is 4.98 Å². The number of carbonyl (C=O) groups excluding carboxylic acids is 1. The minimum Gasteiger partial charge on any atom is -0.396 e. The molecule has 0 radical (unpaired) electrons. The van der Waals surface area contributed by atoms with Crippen LogP contribution in [-0.2, 0) is 0 Å². The van der Waals surface area contributed by atoms with Gasteiger partial charge in [0.1, 0.15) is 0 Å². The van der Waals surface area contributed by atoms with Crippen LogP contribution in [0, 0.1) is 6.92 Å². The second-order valence-corrected chi connectivity index (χ2v) is 6.03. The highest BCUT2D eigenvalue weighted by molar-refractivity contribution is 5.75.